The minimum atomic E-state index is -0.320. The first-order valence-electron chi connectivity index (χ1n) is 10.3. The molecule has 1 unspecified atom stereocenters. The van der Waals surface area contributed by atoms with E-state index in [2.05, 4.69) is 25.9 Å². The molecule has 3 N–H and O–H groups in total. The molecule has 2 aromatic carbocycles. The van der Waals surface area contributed by atoms with E-state index < -0.39 is 0 Å². The number of carbonyl (C=O) groups is 1. The SMILES string of the molecule is CN=C(NCc1ccnc(Oc2ccc(F)cc2)c1)NCC1CC(=O)Nc2ccccc21.I. The molecule has 0 saturated carbocycles. The normalized spacial score (nSPS) is 15.0. The maximum absolute atomic E-state index is 13.1. The fourth-order valence-corrected chi connectivity index (χ4v) is 3.55. The summed E-state index contributed by atoms with van der Waals surface area (Å²) in [5.41, 5.74) is 2.93. The number of para-hydroxylation sites is 1. The quantitative estimate of drug-likeness (QED) is 0.236. The van der Waals surface area contributed by atoms with Crippen LogP contribution in [0.3, 0.4) is 0 Å². The number of amides is 1. The van der Waals surface area contributed by atoms with Gasteiger partial charge in [-0.3, -0.25) is 9.79 Å². The Balaban J connectivity index is 0.00000306. The number of nitrogens with one attached hydrogen (secondary N) is 3. The number of guanidine groups is 1. The van der Waals surface area contributed by atoms with Crippen molar-refractivity contribution in [3.63, 3.8) is 0 Å². The van der Waals surface area contributed by atoms with Gasteiger partial charge in [0.05, 0.1) is 0 Å². The summed E-state index contributed by atoms with van der Waals surface area (Å²) in [4.78, 5) is 20.5. The minimum Gasteiger partial charge on any atom is -0.439 e. The number of anilines is 1. The van der Waals surface area contributed by atoms with Crippen molar-refractivity contribution < 1.29 is 13.9 Å². The van der Waals surface area contributed by atoms with E-state index in [1.54, 1.807) is 25.4 Å². The third-order valence-corrected chi connectivity index (χ3v) is 5.14. The molecule has 0 saturated heterocycles. The molecular formula is C24H25FIN5O2. The van der Waals surface area contributed by atoms with Crippen LogP contribution in [0.25, 0.3) is 0 Å². The Bertz CT molecular complexity index is 1120. The van der Waals surface area contributed by atoms with Gasteiger partial charge < -0.3 is 20.7 Å². The van der Waals surface area contributed by atoms with Crippen LogP contribution in [0.2, 0.25) is 0 Å². The van der Waals surface area contributed by atoms with Gasteiger partial charge in [-0.05, 0) is 47.5 Å². The van der Waals surface area contributed by atoms with Gasteiger partial charge in [0.2, 0.25) is 11.8 Å². The first kappa shape index (κ1) is 24.4. The Labute approximate surface area is 208 Å². The van der Waals surface area contributed by atoms with E-state index >= 15 is 0 Å². The van der Waals surface area contributed by atoms with Gasteiger partial charge >= 0.3 is 0 Å². The highest BCUT2D eigenvalue weighted by molar-refractivity contribution is 14.0. The average Bonchev–Trinajstić information content (AvgIpc) is 2.81. The van der Waals surface area contributed by atoms with Crippen LogP contribution in [0.5, 0.6) is 11.6 Å². The van der Waals surface area contributed by atoms with Crippen molar-refractivity contribution >= 4 is 41.5 Å². The van der Waals surface area contributed by atoms with Crippen molar-refractivity contribution in [1.82, 2.24) is 15.6 Å². The Morgan fingerprint density at radius 2 is 1.97 bits per heavy atom. The molecule has 1 atom stereocenters. The Morgan fingerprint density at radius 3 is 2.76 bits per heavy atom. The second-order valence-electron chi connectivity index (χ2n) is 7.40. The highest BCUT2D eigenvalue weighted by atomic mass is 127. The summed E-state index contributed by atoms with van der Waals surface area (Å²) >= 11 is 0. The van der Waals surface area contributed by atoms with Gasteiger partial charge in [-0.15, -0.1) is 24.0 Å². The molecule has 0 bridgehead atoms. The summed E-state index contributed by atoms with van der Waals surface area (Å²) in [7, 11) is 1.70. The largest absolute Gasteiger partial charge is 0.439 e. The highest BCUT2D eigenvalue weighted by Crippen LogP contribution is 2.31. The van der Waals surface area contributed by atoms with E-state index in [0.717, 1.165) is 16.8 Å². The zero-order valence-corrected chi connectivity index (χ0v) is 20.4. The van der Waals surface area contributed by atoms with Gasteiger partial charge in [-0.25, -0.2) is 9.37 Å². The number of hydrogen-bond acceptors (Lipinski definition) is 4. The summed E-state index contributed by atoms with van der Waals surface area (Å²) in [5.74, 6) is 1.33. The number of fused-ring (bicyclic) bond motifs is 1. The van der Waals surface area contributed by atoms with Crippen molar-refractivity contribution in [2.75, 3.05) is 18.9 Å². The number of halogens is 2. The molecule has 1 aromatic heterocycles. The van der Waals surface area contributed by atoms with Gasteiger partial charge in [0.1, 0.15) is 11.6 Å². The molecule has 1 amide bonds. The Morgan fingerprint density at radius 1 is 1.18 bits per heavy atom. The monoisotopic (exact) mass is 561 g/mol. The van der Waals surface area contributed by atoms with E-state index in [9.17, 15) is 9.18 Å². The lowest BCUT2D eigenvalue weighted by Crippen LogP contribution is -2.40. The second-order valence-corrected chi connectivity index (χ2v) is 7.40. The average molecular weight is 561 g/mol. The van der Waals surface area contributed by atoms with Crippen LogP contribution in [-0.4, -0.2) is 30.4 Å². The number of hydrogen-bond donors (Lipinski definition) is 3. The fourth-order valence-electron chi connectivity index (χ4n) is 3.55. The second kappa shape index (κ2) is 11.6. The van der Waals surface area contributed by atoms with E-state index in [0.29, 0.717) is 37.1 Å². The highest BCUT2D eigenvalue weighted by Gasteiger charge is 2.24. The summed E-state index contributed by atoms with van der Waals surface area (Å²) < 4.78 is 18.7. The summed E-state index contributed by atoms with van der Waals surface area (Å²) in [6, 6.07) is 17.3. The first-order chi connectivity index (χ1) is 15.6. The predicted octanol–water partition coefficient (Wildman–Crippen LogP) is 4.42. The number of ether oxygens (including phenoxy) is 1. The zero-order valence-electron chi connectivity index (χ0n) is 18.0. The number of pyridine rings is 1. The van der Waals surface area contributed by atoms with Crippen molar-refractivity contribution in [1.29, 1.82) is 0 Å². The Kier molecular flexibility index (Phi) is 8.58. The topological polar surface area (TPSA) is 87.6 Å². The predicted molar refractivity (Wildman–Crippen MR) is 137 cm³/mol. The summed E-state index contributed by atoms with van der Waals surface area (Å²) in [6.07, 6.45) is 2.08. The molecule has 0 fully saturated rings. The van der Waals surface area contributed by atoms with Crippen molar-refractivity contribution in [2.45, 2.75) is 18.9 Å². The molecule has 9 heteroatoms. The van der Waals surface area contributed by atoms with Crippen LogP contribution < -0.4 is 20.7 Å². The smallest absolute Gasteiger partial charge is 0.225 e. The molecule has 172 valence electrons. The maximum Gasteiger partial charge on any atom is 0.225 e. The van der Waals surface area contributed by atoms with Crippen LogP contribution >= 0.6 is 24.0 Å². The molecule has 0 spiro atoms. The lowest BCUT2D eigenvalue weighted by molar-refractivity contribution is -0.116. The minimum absolute atomic E-state index is 0. The van der Waals surface area contributed by atoms with Crippen molar-refractivity contribution in [3.8, 4) is 11.6 Å². The number of rotatable bonds is 6. The van der Waals surface area contributed by atoms with Crippen LogP contribution in [0, 0.1) is 5.82 Å². The van der Waals surface area contributed by atoms with Crippen molar-refractivity contribution in [3.05, 3.63) is 83.8 Å². The summed E-state index contributed by atoms with van der Waals surface area (Å²) in [6.45, 7) is 1.09. The molecule has 7 nitrogen and oxygen atoms in total. The molecular weight excluding hydrogens is 536 g/mol. The van der Waals surface area contributed by atoms with E-state index in [1.807, 2.05) is 36.4 Å². The standard InChI is InChI=1S/C24H24FN5O2.HI/c1-26-24(29-15-17-13-22(31)30-21-5-3-2-4-20(17)21)28-14-16-10-11-27-23(12-16)32-19-8-6-18(25)7-9-19;/h2-12,17H,13-15H2,1H3,(H,30,31)(H2,26,28,29);1H. The zero-order chi connectivity index (χ0) is 22.3. The molecule has 2 heterocycles. The molecule has 33 heavy (non-hydrogen) atoms. The molecule has 3 aromatic rings. The molecule has 4 rings (SSSR count). The van der Waals surface area contributed by atoms with Crippen LogP contribution in [0.4, 0.5) is 10.1 Å². The first-order valence-corrected chi connectivity index (χ1v) is 10.3. The van der Waals surface area contributed by atoms with E-state index in [1.165, 1.54) is 12.1 Å². The van der Waals surface area contributed by atoms with Gasteiger partial charge in [-0.2, -0.15) is 0 Å². The number of aromatic nitrogens is 1. The fraction of sp³-hybridized carbons (Fsp3) is 0.208. The third-order valence-electron chi connectivity index (χ3n) is 5.14. The third kappa shape index (κ3) is 6.64. The van der Waals surface area contributed by atoms with Gasteiger partial charge in [-0.1, -0.05) is 18.2 Å². The van der Waals surface area contributed by atoms with Crippen LogP contribution in [-0.2, 0) is 11.3 Å². The Hall–Kier alpha value is -3.21. The van der Waals surface area contributed by atoms with Crippen LogP contribution in [0.1, 0.15) is 23.5 Å². The van der Waals surface area contributed by atoms with Gasteiger partial charge in [0, 0.05) is 50.4 Å². The van der Waals surface area contributed by atoms with Crippen molar-refractivity contribution in [2.24, 2.45) is 4.99 Å². The van der Waals surface area contributed by atoms with E-state index in [-0.39, 0.29) is 41.6 Å². The summed E-state index contributed by atoms with van der Waals surface area (Å²) in [5, 5.41) is 9.49. The van der Waals surface area contributed by atoms with E-state index in [4.69, 9.17) is 4.74 Å². The molecule has 0 aliphatic carbocycles. The lowest BCUT2D eigenvalue weighted by atomic mass is 9.90. The lowest BCUT2D eigenvalue weighted by Gasteiger charge is -2.26. The molecule has 0 radical (unpaired) electrons. The number of aliphatic imine (C=N–C) groups is 1. The molecule has 1 aliphatic heterocycles. The number of nitrogens with zero attached hydrogens (tertiary/aromatic N) is 2. The van der Waals surface area contributed by atoms with Crippen LogP contribution in [0.15, 0.2) is 71.9 Å². The number of benzene rings is 2. The maximum atomic E-state index is 13.1. The van der Waals surface area contributed by atoms with Gasteiger partial charge in [0.15, 0.2) is 5.96 Å². The number of carbonyl (C=O) groups excluding carboxylic acids is 1. The van der Waals surface area contributed by atoms with Gasteiger partial charge in [0.25, 0.3) is 0 Å². The molecule has 1 aliphatic rings.